The minimum atomic E-state index is -0.495. The second kappa shape index (κ2) is 5.44. The summed E-state index contributed by atoms with van der Waals surface area (Å²) in [5, 5.41) is 2.66. The number of carbonyl (C=O) groups excluding carboxylic acids is 1. The van der Waals surface area contributed by atoms with Gasteiger partial charge in [0.25, 0.3) is 5.91 Å². The first-order valence-corrected chi connectivity index (χ1v) is 5.69. The van der Waals surface area contributed by atoms with Gasteiger partial charge in [0, 0.05) is 25.4 Å². The van der Waals surface area contributed by atoms with Gasteiger partial charge in [-0.05, 0) is 24.6 Å². The largest absolute Gasteiger partial charge is 0.351 e. The highest BCUT2D eigenvalue weighted by Crippen LogP contribution is 2.09. The number of H-pyrrole nitrogens is 1. The molecule has 0 atom stereocenters. The first-order valence-electron chi connectivity index (χ1n) is 5.69. The van der Waals surface area contributed by atoms with Crippen LogP contribution in [-0.4, -0.2) is 22.4 Å². The van der Waals surface area contributed by atoms with Crippen LogP contribution in [0.3, 0.4) is 0 Å². The van der Waals surface area contributed by atoms with Gasteiger partial charge in [-0.25, -0.2) is 9.37 Å². The summed E-state index contributed by atoms with van der Waals surface area (Å²) >= 11 is 0. The molecule has 5 heteroatoms. The van der Waals surface area contributed by atoms with Crippen molar-refractivity contribution in [3.05, 3.63) is 53.4 Å². The Morgan fingerprint density at radius 3 is 3.00 bits per heavy atom. The van der Waals surface area contributed by atoms with E-state index < -0.39 is 11.7 Å². The van der Waals surface area contributed by atoms with E-state index in [-0.39, 0.29) is 5.56 Å². The molecule has 0 radical (unpaired) electrons. The molecule has 94 valence electrons. The SMILES string of the molecule is Cc1ccc(C(=O)NCCc2ncc[nH]2)c(F)c1. The maximum Gasteiger partial charge on any atom is 0.254 e. The first-order chi connectivity index (χ1) is 8.66. The number of benzene rings is 1. The summed E-state index contributed by atoms with van der Waals surface area (Å²) in [7, 11) is 0. The summed E-state index contributed by atoms with van der Waals surface area (Å²) in [5.41, 5.74) is 0.861. The van der Waals surface area contributed by atoms with Crippen LogP contribution in [0.15, 0.2) is 30.6 Å². The average Bonchev–Trinajstić information content (AvgIpc) is 2.81. The Kier molecular flexibility index (Phi) is 3.72. The Morgan fingerprint density at radius 1 is 1.50 bits per heavy atom. The number of hydrogen-bond acceptors (Lipinski definition) is 2. The van der Waals surface area contributed by atoms with Crippen molar-refractivity contribution >= 4 is 5.91 Å². The van der Waals surface area contributed by atoms with E-state index in [1.54, 1.807) is 25.4 Å². The standard InChI is InChI=1S/C13H14FN3O/c1-9-2-3-10(11(14)8-9)13(18)17-5-4-12-15-6-7-16-12/h2-3,6-8H,4-5H2,1H3,(H,15,16)(H,17,18). The van der Waals surface area contributed by atoms with E-state index in [4.69, 9.17) is 0 Å². The van der Waals surface area contributed by atoms with Crippen LogP contribution in [0, 0.1) is 12.7 Å². The molecule has 0 aliphatic heterocycles. The third kappa shape index (κ3) is 2.94. The number of aryl methyl sites for hydroxylation is 1. The van der Waals surface area contributed by atoms with Gasteiger partial charge >= 0.3 is 0 Å². The summed E-state index contributed by atoms with van der Waals surface area (Å²) in [4.78, 5) is 18.7. The fourth-order valence-electron chi connectivity index (χ4n) is 1.63. The highest BCUT2D eigenvalue weighted by molar-refractivity contribution is 5.94. The normalized spacial score (nSPS) is 10.3. The molecule has 0 fully saturated rings. The molecule has 0 unspecified atom stereocenters. The molecule has 0 aliphatic carbocycles. The van der Waals surface area contributed by atoms with Crippen LogP contribution >= 0.6 is 0 Å². The van der Waals surface area contributed by atoms with Gasteiger partial charge in [-0.3, -0.25) is 4.79 Å². The van der Waals surface area contributed by atoms with E-state index in [2.05, 4.69) is 15.3 Å². The molecule has 0 saturated heterocycles. The molecular weight excluding hydrogens is 233 g/mol. The van der Waals surface area contributed by atoms with Crippen LogP contribution in [0.2, 0.25) is 0 Å². The lowest BCUT2D eigenvalue weighted by molar-refractivity contribution is 0.0950. The van der Waals surface area contributed by atoms with E-state index in [0.717, 1.165) is 11.4 Å². The van der Waals surface area contributed by atoms with Crippen molar-refractivity contribution in [2.75, 3.05) is 6.54 Å². The number of carbonyl (C=O) groups is 1. The van der Waals surface area contributed by atoms with Gasteiger partial charge < -0.3 is 10.3 Å². The number of aromatic nitrogens is 2. The molecule has 1 aromatic heterocycles. The predicted molar refractivity (Wildman–Crippen MR) is 65.8 cm³/mol. The molecule has 4 nitrogen and oxygen atoms in total. The van der Waals surface area contributed by atoms with Crippen molar-refractivity contribution < 1.29 is 9.18 Å². The summed E-state index contributed by atoms with van der Waals surface area (Å²) in [6.45, 7) is 2.20. The lowest BCUT2D eigenvalue weighted by Crippen LogP contribution is -2.26. The van der Waals surface area contributed by atoms with E-state index in [0.29, 0.717) is 13.0 Å². The molecule has 2 rings (SSSR count). The quantitative estimate of drug-likeness (QED) is 0.866. The summed E-state index contributed by atoms with van der Waals surface area (Å²) < 4.78 is 13.5. The van der Waals surface area contributed by atoms with Gasteiger partial charge in [0.05, 0.1) is 5.56 Å². The highest BCUT2D eigenvalue weighted by atomic mass is 19.1. The highest BCUT2D eigenvalue weighted by Gasteiger charge is 2.10. The van der Waals surface area contributed by atoms with E-state index in [1.165, 1.54) is 12.1 Å². The fourth-order valence-corrected chi connectivity index (χ4v) is 1.63. The number of hydrogen-bond donors (Lipinski definition) is 2. The fraction of sp³-hybridized carbons (Fsp3) is 0.231. The third-order valence-corrected chi connectivity index (χ3v) is 2.57. The Hall–Kier alpha value is -2.17. The van der Waals surface area contributed by atoms with Gasteiger partial charge in [-0.15, -0.1) is 0 Å². The molecule has 1 heterocycles. The third-order valence-electron chi connectivity index (χ3n) is 2.57. The zero-order chi connectivity index (χ0) is 13.0. The lowest BCUT2D eigenvalue weighted by atomic mass is 10.1. The minimum absolute atomic E-state index is 0.0695. The molecule has 0 bridgehead atoms. The first kappa shape index (κ1) is 12.3. The topological polar surface area (TPSA) is 57.8 Å². The van der Waals surface area contributed by atoms with Crippen LogP contribution in [-0.2, 0) is 6.42 Å². The van der Waals surface area contributed by atoms with Crippen molar-refractivity contribution in [3.8, 4) is 0 Å². The minimum Gasteiger partial charge on any atom is -0.351 e. The molecule has 1 aromatic carbocycles. The molecule has 0 saturated carbocycles. The molecule has 2 N–H and O–H groups in total. The Labute approximate surface area is 104 Å². The van der Waals surface area contributed by atoms with Crippen LogP contribution in [0.25, 0.3) is 0 Å². The van der Waals surface area contributed by atoms with Crippen LogP contribution in [0.5, 0.6) is 0 Å². The summed E-state index contributed by atoms with van der Waals surface area (Å²) in [5.74, 6) is -0.107. The molecule has 0 spiro atoms. The zero-order valence-corrected chi connectivity index (χ0v) is 10.0. The van der Waals surface area contributed by atoms with E-state index in [1.807, 2.05) is 0 Å². The second-order valence-electron chi connectivity index (χ2n) is 4.03. The van der Waals surface area contributed by atoms with Gasteiger partial charge in [-0.2, -0.15) is 0 Å². The monoisotopic (exact) mass is 247 g/mol. The number of halogens is 1. The number of nitrogens with zero attached hydrogens (tertiary/aromatic N) is 1. The molecule has 1 amide bonds. The Bertz CT molecular complexity index is 537. The van der Waals surface area contributed by atoms with Gasteiger partial charge in [0.15, 0.2) is 0 Å². The van der Waals surface area contributed by atoms with Crippen molar-refractivity contribution in [3.63, 3.8) is 0 Å². The second-order valence-corrected chi connectivity index (χ2v) is 4.03. The lowest BCUT2D eigenvalue weighted by Gasteiger charge is -2.05. The van der Waals surface area contributed by atoms with Gasteiger partial charge in [0.1, 0.15) is 11.6 Å². The summed E-state index contributed by atoms with van der Waals surface area (Å²) in [6.07, 6.45) is 3.96. The number of amides is 1. The van der Waals surface area contributed by atoms with Crippen molar-refractivity contribution in [2.45, 2.75) is 13.3 Å². The zero-order valence-electron chi connectivity index (χ0n) is 10.0. The Morgan fingerprint density at radius 2 is 2.33 bits per heavy atom. The predicted octanol–water partition coefficient (Wildman–Crippen LogP) is 1.83. The van der Waals surface area contributed by atoms with Crippen molar-refractivity contribution in [2.24, 2.45) is 0 Å². The molecule has 0 aliphatic rings. The maximum absolute atomic E-state index is 13.5. The number of aromatic amines is 1. The van der Waals surface area contributed by atoms with Crippen molar-refractivity contribution in [1.29, 1.82) is 0 Å². The van der Waals surface area contributed by atoms with Crippen molar-refractivity contribution in [1.82, 2.24) is 15.3 Å². The van der Waals surface area contributed by atoms with E-state index >= 15 is 0 Å². The molecular formula is C13H14FN3O. The van der Waals surface area contributed by atoms with Crippen LogP contribution in [0.1, 0.15) is 21.7 Å². The smallest absolute Gasteiger partial charge is 0.254 e. The van der Waals surface area contributed by atoms with E-state index in [9.17, 15) is 9.18 Å². The van der Waals surface area contributed by atoms with Gasteiger partial charge in [-0.1, -0.05) is 6.07 Å². The van der Waals surface area contributed by atoms with Gasteiger partial charge in [0.2, 0.25) is 0 Å². The van der Waals surface area contributed by atoms with Crippen LogP contribution < -0.4 is 5.32 Å². The van der Waals surface area contributed by atoms with Crippen LogP contribution in [0.4, 0.5) is 4.39 Å². The molecule has 18 heavy (non-hydrogen) atoms. The number of rotatable bonds is 4. The maximum atomic E-state index is 13.5. The Balaban J connectivity index is 1.91. The summed E-state index contributed by atoms with van der Waals surface area (Å²) in [6, 6.07) is 4.55. The molecule has 2 aromatic rings. The number of nitrogens with one attached hydrogen (secondary N) is 2. The number of imidazole rings is 1. The average molecular weight is 247 g/mol.